The number of hydrogen-bond acceptors (Lipinski definition) is 3. The van der Waals surface area contributed by atoms with Crippen LogP contribution in [0.2, 0.25) is 0 Å². The van der Waals surface area contributed by atoms with Crippen LogP contribution in [0.5, 0.6) is 17.2 Å². The molecule has 4 rings (SSSR count). The molecular weight excluding hydrogens is 336 g/mol. The fraction of sp³-hybridized carbons (Fsp3) is 0.167. The average molecular weight is 358 g/mol. The number of methoxy groups -OCH3 is 2. The number of phenolic OH excluding ortho intramolecular Hbond substituents is 1. The number of phenols is 1. The van der Waals surface area contributed by atoms with Crippen molar-refractivity contribution in [3.8, 4) is 28.4 Å². The van der Waals surface area contributed by atoms with Crippen LogP contribution in [0, 0.1) is 0 Å². The minimum atomic E-state index is 0.283. The molecule has 27 heavy (non-hydrogen) atoms. The predicted octanol–water partition coefficient (Wildman–Crippen LogP) is 5.26. The standard InChI is InChI=1S/C24H22O3/c1-26-21-13-16(14-22(15-21)27-2)12-19-7-6-18-4-3-5-23(24(18)19)17-8-10-20(25)11-9-17/h3-5,7-11,13-15,25H,6,12H2,1-2H3. The Balaban J connectivity index is 1.72. The molecule has 1 N–H and O–H groups in total. The van der Waals surface area contributed by atoms with Crippen molar-refractivity contribution in [1.29, 1.82) is 0 Å². The Hall–Kier alpha value is -3.20. The van der Waals surface area contributed by atoms with E-state index in [1.807, 2.05) is 18.2 Å². The van der Waals surface area contributed by atoms with Gasteiger partial charge in [-0.1, -0.05) is 36.4 Å². The van der Waals surface area contributed by atoms with Gasteiger partial charge in [0.1, 0.15) is 17.2 Å². The van der Waals surface area contributed by atoms with E-state index in [2.05, 4.69) is 36.4 Å². The summed E-state index contributed by atoms with van der Waals surface area (Å²) in [6.45, 7) is 0. The van der Waals surface area contributed by atoms with Crippen LogP contribution < -0.4 is 9.47 Å². The van der Waals surface area contributed by atoms with E-state index in [-0.39, 0.29) is 5.75 Å². The summed E-state index contributed by atoms with van der Waals surface area (Å²) in [7, 11) is 3.34. The number of ether oxygens (including phenoxy) is 2. The van der Waals surface area contributed by atoms with Crippen molar-refractivity contribution in [2.45, 2.75) is 12.8 Å². The maximum absolute atomic E-state index is 9.61. The SMILES string of the molecule is COc1cc(CC2=CCc3cccc(-c4ccc(O)cc4)c32)cc(OC)c1. The Bertz CT molecular complexity index is 978. The van der Waals surface area contributed by atoms with Crippen LogP contribution in [-0.4, -0.2) is 19.3 Å². The van der Waals surface area contributed by atoms with Crippen LogP contribution in [0.4, 0.5) is 0 Å². The van der Waals surface area contributed by atoms with Crippen molar-refractivity contribution in [2.24, 2.45) is 0 Å². The van der Waals surface area contributed by atoms with Gasteiger partial charge in [-0.2, -0.15) is 0 Å². The van der Waals surface area contributed by atoms with Crippen molar-refractivity contribution in [3.63, 3.8) is 0 Å². The molecule has 0 saturated heterocycles. The highest BCUT2D eigenvalue weighted by Gasteiger charge is 2.19. The Morgan fingerprint density at radius 3 is 2.26 bits per heavy atom. The van der Waals surface area contributed by atoms with E-state index in [1.165, 1.54) is 22.3 Å². The first-order chi connectivity index (χ1) is 13.2. The van der Waals surface area contributed by atoms with E-state index in [9.17, 15) is 5.11 Å². The highest BCUT2D eigenvalue weighted by molar-refractivity contribution is 5.86. The smallest absolute Gasteiger partial charge is 0.122 e. The van der Waals surface area contributed by atoms with E-state index in [0.717, 1.165) is 35.5 Å². The van der Waals surface area contributed by atoms with Crippen LogP contribution in [0.3, 0.4) is 0 Å². The highest BCUT2D eigenvalue weighted by Crippen LogP contribution is 2.39. The summed E-state index contributed by atoms with van der Waals surface area (Å²) in [5, 5.41) is 9.61. The third kappa shape index (κ3) is 3.41. The molecule has 0 heterocycles. The quantitative estimate of drug-likeness (QED) is 0.676. The fourth-order valence-corrected chi connectivity index (χ4v) is 3.72. The van der Waals surface area contributed by atoms with Crippen LogP contribution in [0.1, 0.15) is 16.7 Å². The molecule has 3 aromatic carbocycles. The lowest BCUT2D eigenvalue weighted by Crippen LogP contribution is -1.96. The van der Waals surface area contributed by atoms with Gasteiger partial charge in [0.25, 0.3) is 0 Å². The van der Waals surface area contributed by atoms with Crippen molar-refractivity contribution >= 4 is 5.57 Å². The van der Waals surface area contributed by atoms with Gasteiger partial charge in [-0.15, -0.1) is 0 Å². The molecule has 0 radical (unpaired) electrons. The second-order valence-corrected chi connectivity index (χ2v) is 6.72. The van der Waals surface area contributed by atoms with Crippen LogP contribution in [0.15, 0.2) is 66.7 Å². The number of benzene rings is 3. The van der Waals surface area contributed by atoms with Gasteiger partial charge < -0.3 is 14.6 Å². The summed E-state index contributed by atoms with van der Waals surface area (Å²) < 4.78 is 10.8. The number of aromatic hydroxyl groups is 1. The van der Waals surface area contributed by atoms with Crippen molar-refractivity contribution in [2.75, 3.05) is 14.2 Å². The summed E-state index contributed by atoms with van der Waals surface area (Å²) in [5.74, 6) is 1.88. The summed E-state index contributed by atoms with van der Waals surface area (Å²) >= 11 is 0. The molecule has 136 valence electrons. The molecule has 3 aromatic rings. The second-order valence-electron chi connectivity index (χ2n) is 6.72. The first-order valence-electron chi connectivity index (χ1n) is 9.00. The Morgan fingerprint density at radius 1 is 0.889 bits per heavy atom. The molecule has 0 bridgehead atoms. The molecular formula is C24H22O3. The lowest BCUT2D eigenvalue weighted by Gasteiger charge is -2.14. The van der Waals surface area contributed by atoms with Crippen LogP contribution >= 0.6 is 0 Å². The molecule has 3 nitrogen and oxygen atoms in total. The summed E-state index contributed by atoms with van der Waals surface area (Å²) in [5.41, 5.74) is 7.41. The topological polar surface area (TPSA) is 38.7 Å². The number of hydrogen-bond donors (Lipinski definition) is 1. The molecule has 0 aliphatic heterocycles. The molecule has 0 spiro atoms. The monoisotopic (exact) mass is 358 g/mol. The van der Waals surface area contributed by atoms with Gasteiger partial charge in [-0.25, -0.2) is 0 Å². The normalized spacial score (nSPS) is 12.4. The van der Waals surface area contributed by atoms with E-state index in [1.54, 1.807) is 26.4 Å². The average Bonchev–Trinajstić information content (AvgIpc) is 3.11. The maximum Gasteiger partial charge on any atom is 0.122 e. The predicted molar refractivity (Wildman–Crippen MR) is 108 cm³/mol. The molecule has 0 amide bonds. The summed E-state index contributed by atoms with van der Waals surface area (Å²) in [6, 6.07) is 19.9. The van der Waals surface area contributed by atoms with Crippen molar-refractivity contribution < 1.29 is 14.6 Å². The minimum absolute atomic E-state index is 0.283. The Kier molecular flexibility index (Phi) is 4.59. The summed E-state index contributed by atoms with van der Waals surface area (Å²) in [6.07, 6.45) is 4.06. The van der Waals surface area contributed by atoms with Gasteiger partial charge in [-0.3, -0.25) is 0 Å². The van der Waals surface area contributed by atoms with E-state index in [0.29, 0.717) is 0 Å². The molecule has 0 atom stereocenters. The zero-order valence-corrected chi connectivity index (χ0v) is 15.5. The van der Waals surface area contributed by atoms with Gasteiger partial charge in [-0.05, 0) is 70.5 Å². The molecule has 1 aliphatic rings. The van der Waals surface area contributed by atoms with E-state index in [4.69, 9.17) is 9.47 Å². The summed E-state index contributed by atoms with van der Waals surface area (Å²) in [4.78, 5) is 0. The molecule has 0 aromatic heterocycles. The highest BCUT2D eigenvalue weighted by atomic mass is 16.5. The molecule has 1 aliphatic carbocycles. The molecule has 3 heteroatoms. The number of rotatable bonds is 5. The Labute approximate surface area is 159 Å². The fourth-order valence-electron chi connectivity index (χ4n) is 3.72. The van der Waals surface area contributed by atoms with Crippen LogP contribution in [-0.2, 0) is 12.8 Å². The molecule has 0 unspecified atom stereocenters. The molecule has 0 saturated carbocycles. The zero-order valence-electron chi connectivity index (χ0n) is 15.5. The third-order valence-corrected chi connectivity index (χ3v) is 5.02. The minimum Gasteiger partial charge on any atom is -0.508 e. The zero-order chi connectivity index (χ0) is 18.8. The first-order valence-corrected chi connectivity index (χ1v) is 9.00. The van der Waals surface area contributed by atoms with Crippen molar-refractivity contribution in [3.05, 3.63) is 83.4 Å². The largest absolute Gasteiger partial charge is 0.508 e. The van der Waals surface area contributed by atoms with Gasteiger partial charge in [0.2, 0.25) is 0 Å². The second kappa shape index (κ2) is 7.20. The van der Waals surface area contributed by atoms with Crippen LogP contribution in [0.25, 0.3) is 16.7 Å². The maximum atomic E-state index is 9.61. The first kappa shape index (κ1) is 17.2. The van der Waals surface area contributed by atoms with Gasteiger partial charge >= 0.3 is 0 Å². The van der Waals surface area contributed by atoms with Gasteiger partial charge in [0, 0.05) is 6.07 Å². The lowest BCUT2D eigenvalue weighted by molar-refractivity contribution is 0.393. The van der Waals surface area contributed by atoms with E-state index < -0.39 is 0 Å². The number of fused-ring (bicyclic) bond motifs is 1. The van der Waals surface area contributed by atoms with Gasteiger partial charge in [0.15, 0.2) is 0 Å². The number of allylic oxidation sites excluding steroid dienone is 2. The molecule has 0 fully saturated rings. The van der Waals surface area contributed by atoms with Crippen molar-refractivity contribution in [1.82, 2.24) is 0 Å². The van der Waals surface area contributed by atoms with E-state index >= 15 is 0 Å². The van der Waals surface area contributed by atoms with Gasteiger partial charge in [0.05, 0.1) is 14.2 Å². The Morgan fingerprint density at radius 2 is 1.59 bits per heavy atom. The lowest BCUT2D eigenvalue weighted by atomic mass is 9.91. The third-order valence-electron chi connectivity index (χ3n) is 5.02.